The monoisotopic (exact) mass is 261 g/mol. The molecule has 0 aliphatic heterocycles. The first-order valence-electron chi connectivity index (χ1n) is 6.85. The van der Waals surface area contributed by atoms with Crippen LogP contribution in [0.2, 0.25) is 0 Å². The molecule has 3 nitrogen and oxygen atoms in total. The summed E-state index contributed by atoms with van der Waals surface area (Å²) in [4.78, 5) is 11.6. The zero-order chi connectivity index (χ0) is 14.0. The third-order valence-electron chi connectivity index (χ3n) is 3.91. The molecular formula is C16H23NO2. The standard InChI is InChI=1S/C16H23NO2/c1-11-6-5-7-12(8-11)13-9-14(10-13)17-16(2,3)15(18)19-4/h5-8,13-14,17H,9-10H2,1-4H3. The van der Waals surface area contributed by atoms with Gasteiger partial charge in [-0.1, -0.05) is 29.8 Å². The average molecular weight is 261 g/mol. The summed E-state index contributed by atoms with van der Waals surface area (Å²) >= 11 is 0. The summed E-state index contributed by atoms with van der Waals surface area (Å²) in [5, 5.41) is 3.38. The fourth-order valence-corrected chi connectivity index (χ4v) is 2.76. The molecule has 0 spiro atoms. The summed E-state index contributed by atoms with van der Waals surface area (Å²) in [5.41, 5.74) is 2.12. The Hall–Kier alpha value is -1.35. The van der Waals surface area contributed by atoms with Gasteiger partial charge >= 0.3 is 5.97 Å². The second-order valence-electron chi connectivity index (χ2n) is 6.04. The Bertz CT molecular complexity index is 462. The number of carbonyl (C=O) groups is 1. The van der Waals surface area contributed by atoms with Gasteiger partial charge in [0.05, 0.1) is 7.11 Å². The van der Waals surface area contributed by atoms with E-state index in [0.29, 0.717) is 12.0 Å². The highest BCUT2D eigenvalue weighted by Crippen LogP contribution is 2.37. The van der Waals surface area contributed by atoms with Gasteiger partial charge in [0.25, 0.3) is 0 Å². The number of methoxy groups -OCH3 is 1. The Balaban J connectivity index is 1.88. The highest BCUT2D eigenvalue weighted by Gasteiger charge is 2.37. The van der Waals surface area contributed by atoms with E-state index in [0.717, 1.165) is 12.8 Å². The molecule has 1 saturated carbocycles. The third-order valence-corrected chi connectivity index (χ3v) is 3.91. The van der Waals surface area contributed by atoms with Gasteiger partial charge in [0.1, 0.15) is 5.54 Å². The van der Waals surface area contributed by atoms with Crippen LogP contribution in [0.15, 0.2) is 24.3 Å². The number of hydrogen-bond donors (Lipinski definition) is 1. The first-order chi connectivity index (χ1) is 8.92. The van der Waals surface area contributed by atoms with Crippen LogP contribution in [-0.4, -0.2) is 24.7 Å². The van der Waals surface area contributed by atoms with Crippen LogP contribution in [0.25, 0.3) is 0 Å². The van der Waals surface area contributed by atoms with Gasteiger partial charge in [-0.05, 0) is 45.1 Å². The van der Waals surface area contributed by atoms with Crippen molar-refractivity contribution in [2.75, 3.05) is 7.11 Å². The van der Waals surface area contributed by atoms with E-state index in [2.05, 4.69) is 36.5 Å². The van der Waals surface area contributed by atoms with Gasteiger partial charge in [0.2, 0.25) is 0 Å². The molecule has 19 heavy (non-hydrogen) atoms. The largest absolute Gasteiger partial charge is 0.468 e. The third kappa shape index (κ3) is 3.16. The van der Waals surface area contributed by atoms with Gasteiger partial charge in [-0.15, -0.1) is 0 Å². The van der Waals surface area contributed by atoms with E-state index >= 15 is 0 Å². The second-order valence-corrected chi connectivity index (χ2v) is 6.04. The number of rotatable bonds is 4. The smallest absolute Gasteiger partial charge is 0.325 e. The van der Waals surface area contributed by atoms with Crippen LogP contribution in [0.5, 0.6) is 0 Å². The van der Waals surface area contributed by atoms with E-state index in [4.69, 9.17) is 4.74 Å². The molecule has 0 atom stereocenters. The van der Waals surface area contributed by atoms with E-state index in [1.54, 1.807) is 0 Å². The predicted octanol–water partition coefficient (Wildman–Crippen LogP) is 2.78. The maximum Gasteiger partial charge on any atom is 0.325 e. The van der Waals surface area contributed by atoms with E-state index in [1.165, 1.54) is 18.2 Å². The quantitative estimate of drug-likeness (QED) is 0.847. The molecule has 0 unspecified atom stereocenters. The van der Waals surface area contributed by atoms with Crippen molar-refractivity contribution in [3.05, 3.63) is 35.4 Å². The Morgan fingerprint density at radius 3 is 2.63 bits per heavy atom. The molecular weight excluding hydrogens is 238 g/mol. The minimum atomic E-state index is -0.600. The average Bonchev–Trinajstić information content (AvgIpc) is 2.32. The van der Waals surface area contributed by atoms with E-state index < -0.39 is 5.54 Å². The van der Waals surface area contributed by atoms with Crippen molar-refractivity contribution < 1.29 is 9.53 Å². The summed E-state index contributed by atoms with van der Waals surface area (Å²) in [5.74, 6) is 0.414. The molecule has 1 aromatic rings. The lowest BCUT2D eigenvalue weighted by molar-refractivity contribution is -0.147. The fourth-order valence-electron chi connectivity index (χ4n) is 2.76. The zero-order valence-electron chi connectivity index (χ0n) is 12.2. The van der Waals surface area contributed by atoms with Gasteiger partial charge in [0.15, 0.2) is 0 Å². The summed E-state index contributed by atoms with van der Waals surface area (Å²) in [7, 11) is 1.43. The molecule has 2 rings (SSSR count). The number of carbonyl (C=O) groups excluding carboxylic acids is 1. The SMILES string of the molecule is COC(=O)C(C)(C)NC1CC(c2cccc(C)c2)C1. The first kappa shape index (κ1) is 14.1. The van der Waals surface area contributed by atoms with Crippen LogP contribution >= 0.6 is 0 Å². The molecule has 0 saturated heterocycles. The van der Waals surface area contributed by atoms with Crippen LogP contribution in [-0.2, 0) is 9.53 Å². The van der Waals surface area contributed by atoms with Gasteiger partial charge < -0.3 is 4.74 Å². The van der Waals surface area contributed by atoms with Crippen molar-refractivity contribution in [2.45, 2.75) is 51.1 Å². The van der Waals surface area contributed by atoms with Crippen molar-refractivity contribution in [1.29, 1.82) is 0 Å². The number of hydrogen-bond acceptors (Lipinski definition) is 3. The molecule has 1 aliphatic rings. The van der Waals surface area contributed by atoms with Crippen molar-refractivity contribution in [2.24, 2.45) is 0 Å². The lowest BCUT2D eigenvalue weighted by Crippen LogP contribution is -2.55. The molecule has 0 bridgehead atoms. The summed E-state index contributed by atoms with van der Waals surface area (Å²) in [6, 6.07) is 9.09. The van der Waals surface area contributed by atoms with Crippen molar-refractivity contribution in [1.82, 2.24) is 5.32 Å². The van der Waals surface area contributed by atoms with Gasteiger partial charge in [-0.2, -0.15) is 0 Å². The van der Waals surface area contributed by atoms with Crippen molar-refractivity contribution >= 4 is 5.97 Å². The summed E-state index contributed by atoms with van der Waals surface area (Å²) < 4.78 is 4.81. The Labute approximate surface area is 115 Å². The van der Waals surface area contributed by atoms with Crippen molar-refractivity contribution in [3.8, 4) is 0 Å². The molecule has 1 N–H and O–H groups in total. The van der Waals surface area contributed by atoms with Crippen LogP contribution in [0.1, 0.15) is 43.7 Å². The van der Waals surface area contributed by atoms with Crippen LogP contribution in [0.4, 0.5) is 0 Å². The maximum absolute atomic E-state index is 11.6. The molecule has 0 radical (unpaired) electrons. The summed E-state index contributed by atoms with van der Waals surface area (Å²) in [6.07, 6.45) is 2.17. The highest BCUT2D eigenvalue weighted by molar-refractivity contribution is 5.79. The lowest BCUT2D eigenvalue weighted by atomic mass is 9.75. The van der Waals surface area contributed by atoms with Crippen LogP contribution in [0, 0.1) is 6.92 Å². The molecule has 1 aromatic carbocycles. The van der Waals surface area contributed by atoms with Crippen LogP contribution < -0.4 is 5.32 Å². The molecule has 3 heteroatoms. The minimum Gasteiger partial charge on any atom is -0.468 e. The van der Waals surface area contributed by atoms with Crippen molar-refractivity contribution in [3.63, 3.8) is 0 Å². The molecule has 1 aliphatic carbocycles. The number of nitrogens with one attached hydrogen (secondary N) is 1. The van der Waals surface area contributed by atoms with E-state index in [9.17, 15) is 4.79 Å². The lowest BCUT2D eigenvalue weighted by Gasteiger charge is -2.40. The second kappa shape index (κ2) is 5.33. The fraction of sp³-hybridized carbons (Fsp3) is 0.562. The number of ether oxygens (including phenoxy) is 1. The zero-order valence-corrected chi connectivity index (χ0v) is 12.2. The molecule has 0 heterocycles. The van der Waals surface area contributed by atoms with Gasteiger partial charge in [-0.25, -0.2) is 0 Å². The van der Waals surface area contributed by atoms with Gasteiger partial charge in [-0.3, -0.25) is 10.1 Å². The van der Waals surface area contributed by atoms with Crippen LogP contribution in [0.3, 0.4) is 0 Å². The normalized spacial score (nSPS) is 22.7. The van der Waals surface area contributed by atoms with E-state index in [-0.39, 0.29) is 5.97 Å². The Morgan fingerprint density at radius 2 is 2.05 bits per heavy atom. The van der Waals surface area contributed by atoms with E-state index in [1.807, 2.05) is 13.8 Å². The Kier molecular flexibility index (Phi) is 3.95. The molecule has 0 amide bonds. The molecule has 1 fully saturated rings. The molecule has 104 valence electrons. The predicted molar refractivity (Wildman–Crippen MR) is 76.2 cm³/mol. The van der Waals surface area contributed by atoms with Gasteiger partial charge in [0, 0.05) is 6.04 Å². The topological polar surface area (TPSA) is 38.3 Å². The summed E-state index contributed by atoms with van der Waals surface area (Å²) in [6.45, 7) is 5.87. The Morgan fingerprint density at radius 1 is 1.37 bits per heavy atom. The first-order valence-corrected chi connectivity index (χ1v) is 6.85. The number of aryl methyl sites for hydroxylation is 1. The minimum absolute atomic E-state index is 0.202. The molecule has 0 aromatic heterocycles. The number of benzene rings is 1. The number of esters is 1. The maximum atomic E-state index is 11.6. The highest BCUT2D eigenvalue weighted by atomic mass is 16.5.